The molecule has 0 saturated carbocycles. The molecule has 1 fully saturated rings. The highest BCUT2D eigenvalue weighted by Crippen LogP contribution is 2.21. The van der Waals surface area contributed by atoms with Gasteiger partial charge >= 0.3 is 0 Å². The highest BCUT2D eigenvalue weighted by atomic mass is 19.1. The number of carbonyl (C=O) groups excluding carboxylic acids is 2. The summed E-state index contributed by atoms with van der Waals surface area (Å²) in [7, 11) is 1.69. The van der Waals surface area contributed by atoms with E-state index in [9.17, 15) is 18.4 Å². The third-order valence-corrected chi connectivity index (χ3v) is 5.38. The average Bonchev–Trinajstić information content (AvgIpc) is 2.72. The normalized spacial score (nSPS) is 15.3. The summed E-state index contributed by atoms with van der Waals surface area (Å²) in [4.78, 5) is 30.1. The summed E-state index contributed by atoms with van der Waals surface area (Å²) in [5.41, 5.74) is 6.92. The first-order valence-electron chi connectivity index (χ1n) is 9.88. The number of carbonyl (C=O) groups is 2. The minimum Gasteiger partial charge on any atom is -0.368 e. The lowest BCUT2D eigenvalue weighted by molar-refractivity contribution is -0.132. The van der Waals surface area contributed by atoms with Gasteiger partial charge in [-0.3, -0.25) is 14.5 Å². The molecule has 2 aromatic carbocycles. The maximum atomic E-state index is 13.5. The van der Waals surface area contributed by atoms with Crippen LogP contribution in [0.15, 0.2) is 48.5 Å². The molecule has 0 radical (unpaired) electrons. The van der Waals surface area contributed by atoms with E-state index >= 15 is 0 Å². The predicted molar refractivity (Wildman–Crippen MR) is 111 cm³/mol. The molecule has 6 nitrogen and oxygen atoms in total. The van der Waals surface area contributed by atoms with Crippen LogP contribution in [0.2, 0.25) is 0 Å². The number of amides is 2. The number of nitrogens with zero attached hydrogens (tertiary/aromatic N) is 3. The van der Waals surface area contributed by atoms with Crippen LogP contribution in [0.25, 0.3) is 0 Å². The first kappa shape index (κ1) is 21.7. The molecule has 0 aromatic heterocycles. The van der Waals surface area contributed by atoms with Crippen molar-refractivity contribution in [3.05, 3.63) is 65.7 Å². The van der Waals surface area contributed by atoms with Gasteiger partial charge in [-0.1, -0.05) is 12.1 Å². The van der Waals surface area contributed by atoms with Crippen molar-refractivity contribution < 1.29 is 18.4 Å². The SMILES string of the molecule is CN(CCC(=O)N1CCN(c2ccc(F)cc2)CC1)C(C(N)=O)c1cccc(F)c1. The van der Waals surface area contributed by atoms with E-state index in [2.05, 4.69) is 4.90 Å². The molecule has 2 aromatic rings. The summed E-state index contributed by atoms with van der Waals surface area (Å²) >= 11 is 0. The Labute approximate surface area is 174 Å². The lowest BCUT2D eigenvalue weighted by Gasteiger charge is -2.36. The Bertz CT molecular complexity index is 883. The zero-order chi connectivity index (χ0) is 21.7. The lowest BCUT2D eigenvalue weighted by atomic mass is 10.0. The van der Waals surface area contributed by atoms with Gasteiger partial charge in [-0.25, -0.2) is 8.78 Å². The van der Waals surface area contributed by atoms with Crippen molar-refractivity contribution >= 4 is 17.5 Å². The maximum absolute atomic E-state index is 13.5. The Balaban J connectivity index is 1.52. The number of rotatable bonds is 7. The number of benzene rings is 2. The van der Waals surface area contributed by atoms with Gasteiger partial charge in [0, 0.05) is 44.8 Å². The van der Waals surface area contributed by atoms with Gasteiger partial charge in [0.25, 0.3) is 0 Å². The van der Waals surface area contributed by atoms with Crippen LogP contribution < -0.4 is 10.6 Å². The Morgan fingerprint density at radius 3 is 2.30 bits per heavy atom. The van der Waals surface area contributed by atoms with Crippen molar-refractivity contribution in [3.8, 4) is 0 Å². The standard InChI is InChI=1S/C22H26F2N4O2/c1-26(21(22(25)30)16-3-2-4-18(24)15-16)10-9-20(29)28-13-11-27(12-14-28)19-7-5-17(23)6-8-19/h2-8,15,21H,9-14H2,1H3,(H2,25,30). The van der Waals surface area contributed by atoms with Crippen LogP contribution in [0, 0.1) is 11.6 Å². The molecular formula is C22H26F2N4O2. The molecule has 30 heavy (non-hydrogen) atoms. The molecule has 1 unspecified atom stereocenters. The zero-order valence-electron chi connectivity index (χ0n) is 16.9. The molecule has 3 rings (SSSR count). The van der Waals surface area contributed by atoms with Crippen LogP contribution in [0.1, 0.15) is 18.0 Å². The fourth-order valence-corrected chi connectivity index (χ4v) is 3.74. The van der Waals surface area contributed by atoms with E-state index in [1.165, 1.54) is 30.3 Å². The van der Waals surface area contributed by atoms with E-state index < -0.39 is 17.8 Å². The van der Waals surface area contributed by atoms with Crippen molar-refractivity contribution in [2.45, 2.75) is 12.5 Å². The number of nitrogens with two attached hydrogens (primary N) is 1. The van der Waals surface area contributed by atoms with Crippen molar-refractivity contribution in [1.29, 1.82) is 0 Å². The maximum Gasteiger partial charge on any atom is 0.239 e. The monoisotopic (exact) mass is 416 g/mol. The topological polar surface area (TPSA) is 69.9 Å². The average molecular weight is 416 g/mol. The number of halogens is 2. The minimum absolute atomic E-state index is 0.0110. The van der Waals surface area contributed by atoms with Crippen molar-refractivity contribution in [3.63, 3.8) is 0 Å². The van der Waals surface area contributed by atoms with Gasteiger partial charge < -0.3 is 15.5 Å². The van der Waals surface area contributed by atoms with Crippen molar-refractivity contribution in [1.82, 2.24) is 9.80 Å². The zero-order valence-corrected chi connectivity index (χ0v) is 16.9. The largest absolute Gasteiger partial charge is 0.368 e. The highest BCUT2D eigenvalue weighted by Gasteiger charge is 2.26. The fraction of sp³-hybridized carbons (Fsp3) is 0.364. The molecule has 1 heterocycles. The molecule has 2 N–H and O–H groups in total. The number of hydrogen-bond donors (Lipinski definition) is 1. The van der Waals surface area contributed by atoms with Crippen LogP contribution in [0.3, 0.4) is 0 Å². The molecule has 0 spiro atoms. The third-order valence-electron chi connectivity index (χ3n) is 5.38. The Morgan fingerprint density at radius 1 is 1.03 bits per heavy atom. The first-order chi connectivity index (χ1) is 14.3. The molecular weight excluding hydrogens is 390 g/mol. The Hall–Kier alpha value is -3.00. The molecule has 2 amide bonds. The second-order valence-corrected chi connectivity index (χ2v) is 7.43. The van der Waals surface area contributed by atoms with Gasteiger partial charge in [-0.15, -0.1) is 0 Å². The van der Waals surface area contributed by atoms with Gasteiger partial charge in [0.05, 0.1) is 0 Å². The summed E-state index contributed by atoms with van der Waals surface area (Å²) in [6.07, 6.45) is 0.228. The molecule has 1 saturated heterocycles. The summed E-state index contributed by atoms with van der Waals surface area (Å²) in [6, 6.07) is 11.3. The number of anilines is 1. The lowest BCUT2D eigenvalue weighted by Crippen LogP contribution is -2.49. The van der Waals surface area contributed by atoms with Gasteiger partial charge in [0.1, 0.15) is 17.7 Å². The molecule has 1 aliphatic heterocycles. The van der Waals surface area contributed by atoms with E-state index in [0.29, 0.717) is 38.3 Å². The summed E-state index contributed by atoms with van der Waals surface area (Å²) in [5, 5.41) is 0. The van der Waals surface area contributed by atoms with Crippen molar-refractivity contribution in [2.24, 2.45) is 5.73 Å². The first-order valence-corrected chi connectivity index (χ1v) is 9.88. The third kappa shape index (κ3) is 5.33. The molecule has 1 aliphatic rings. The second-order valence-electron chi connectivity index (χ2n) is 7.43. The number of primary amides is 1. The van der Waals surface area contributed by atoms with E-state index in [1.807, 2.05) is 0 Å². The van der Waals surface area contributed by atoms with Gasteiger partial charge in [0.15, 0.2) is 0 Å². The predicted octanol–water partition coefficient (Wildman–Crippen LogP) is 2.16. The van der Waals surface area contributed by atoms with E-state index in [1.54, 1.807) is 35.0 Å². The summed E-state index contributed by atoms with van der Waals surface area (Å²) in [6.45, 7) is 2.80. The number of hydrogen-bond acceptors (Lipinski definition) is 4. The number of likely N-dealkylation sites (N-methyl/N-ethyl adjacent to an activating group) is 1. The van der Waals surface area contributed by atoms with Crippen LogP contribution in [0.4, 0.5) is 14.5 Å². The molecule has 1 atom stereocenters. The second kappa shape index (κ2) is 9.67. The van der Waals surface area contributed by atoms with E-state index in [-0.39, 0.29) is 18.1 Å². The van der Waals surface area contributed by atoms with Gasteiger partial charge in [0.2, 0.25) is 11.8 Å². The highest BCUT2D eigenvalue weighted by molar-refractivity contribution is 5.81. The van der Waals surface area contributed by atoms with Crippen LogP contribution in [0.5, 0.6) is 0 Å². The summed E-state index contributed by atoms with van der Waals surface area (Å²) in [5.74, 6) is -1.32. The minimum atomic E-state index is -0.802. The van der Waals surface area contributed by atoms with Gasteiger partial charge in [-0.05, 0) is 49.0 Å². The molecule has 8 heteroatoms. The fourth-order valence-electron chi connectivity index (χ4n) is 3.74. The van der Waals surface area contributed by atoms with E-state index in [4.69, 9.17) is 5.73 Å². The smallest absolute Gasteiger partial charge is 0.239 e. The van der Waals surface area contributed by atoms with Crippen LogP contribution in [-0.2, 0) is 9.59 Å². The van der Waals surface area contributed by atoms with Crippen molar-refractivity contribution in [2.75, 3.05) is 44.7 Å². The summed E-state index contributed by atoms with van der Waals surface area (Å²) < 4.78 is 26.6. The molecule has 0 aliphatic carbocycles. The van der Waals surface area contributed by atoms with Gasteiger partial charge in [-0.2, -0.15) is 0 Å². The number of piperazine rings is 1. The van der Waals surface area contributed by atoms with Crippen LogP contribution in [-0.4, -0.2) is 61.4 Å². The van der Waals surface area contributed by atoms with E-state index in [0.717, 1.165) is 5.69 Å². The molecule has 0 bridgehead atoms. The molecule has 160 valence electrons. The van der Waals surface area contributed by atoms with Crippen LogP contribution >= 0.6 is 0 Å². The Kier molecular flexibility index (Phi) is 6.99. The Morgan fingerprint density at radius 2 is 1.70 bits per heavy atom. The quantitative estimate of drug-likeness (QED) is 0.751.